The second-order valence-electron chi connectivity index (χ2n) is 10.5. The van der Waals surface area contributed by atoms with Crippen LogP contribution in [0.2, 0.25) is 0 Å². The van der Waals surface area contributed by atoms with E-state index in [9.17, 15) is 14.4 Å². The Bertz CT molecular complexity index is 1310. The number of ether oxygens (including phenoxy) is 2. The largest absolute Gasteiger partial charge is 0.457 e. The first kappa shape index (κ1) is 29.2. The topological polar surface area (TPSA) is 106 Å². The second-order valence-corrected chi connectivity index (χ2v) is 10.5. The number of furan rings is 1. The molecule has 1 aliphatic rings. The molecule has 8 nitrogen and oxygen atoms in total. The first-order valence-electron chi connectivity index (χ1n) is 13.8. The Hall–Kier alpha value is -3.75. The molecule has 0 bridgehead atoms. The number of hydrogen-bond acceptors (Lipinski definition) is 7. The molecule has 212 valence electrons. The van der Waals surface area contributed by atoms with Crippen LogP contribution < -0.4 is 0 Å². The molecular weight excluding hydrogens is 510 g/mol. The van der Waals surface area contributed by atoms with E-state index in [1.54, 1.807) is 6.07 Å². The van der Waals surface area contributed by atoms with Gasteiger partial charge >= 0.3 is 6.09 Å². The van der Waals surface area contributed by atoms with Crippen molar-refractivity contribution in [2.45, 2.75) is 46.1 Å². The zero-order valence-electron chi connectivity index (χ0n) is 23.3. The number of amides is 2. The van der Waals surface area contributed by atoms with Gasteiger partial charge in [0.1, 0.15) is 18.3 Å². The molecule has 2 heterocycles. The lowest BCUT2D eigenvalue weighted by Gasteiger charge is -2.26. The van der Waals surface area contributed by atoms with Gasteiger partial charge in [-0.15, -0.1) is 0 Å². The van der Waals surface area contributed by atoms with Gasteiger partial charge in [-0.3, -0.25) is 9.59 Å². The number of carbonyl (C=O) groups is 3. The number of cyclic esters (lactones) is 1. The van der Waals surface area contributed by atoms with Gasteiger partial charge < -0.3 is 19.0 Å². The molecule has 0 saturated carbocycles. The van der Waals surface area contributed by atoms with E-state index in [2.05, 4.69) is 0 Å². The monoisotopic (exact) mass is 547 g/mol. The number of nitrogens with zero attached hydrogens (tertiary/aromatic N) is 1. The van der Waals surface area contributed by atoms with Crippen molar-refractivity contribution in [2.24, 2.45) is 11.8 Å². The maximum Gasteiger partial charge on any atom is 0.417 e. The van der Waals surface area contributed by atoms with Crippen molar-refractivity contribution in [1.29, 1.82) is 0 Å². The predicted octanol–water partition coefficient (Wildman–Crippen LogP) is 5.24. The third kappa shape index (κ3) is 6.87. The highest BCUT2D eigenvalue weighted by Gasteiger charge is 2.44. The molecule has 0 spiro atoms. The van der Waals surface area contributed by atoms with Crippen LogP contribution in [0.3, 0.4) is 0 Å². The van der Waals surface area contributed by atoms with Crippen molar-refractivity contribution >= 4 is 17.8 Å². The molecule has 4 rings (SSSR count). The van der Waals surface area contributed by atoms with E-state index >= 15 is 0 Å². The SMILES string of the molecule is Cc1cccc(-c2cc(C(=O)[C@H](Cc3ccccc3)C(=O)N3C(=O)OC[C@@H]3C(C)C)oc2CCCOCCO)c1. The van der Waals surface area contributed by atoms with E-state index < -0.39 is 29.7 Å². The van der Waals surface area contributed by atoms with Crippen LogP contribution in [0.4, 0.5) is 4.79 Å². The van der Waals surface area contributed by atoms with Crippen molar-refractivity contribution in [1.82, 2.24) is 4.90 Å². The van der Waals surface area contributed by atoms with Gasteiger partial charge in [0.25, 0.3) is 0 Å². The van der Waals surface area contributed by atoms with E-state index in [0.29, 0.717) is 25.2 Å². The van der Waals surface area contributed by atoms with Gasteiger partial charge in [0, 0.05) is 18.6 Å². The Morgan fingerprint density at radius 1 is 1.07 bits per heavy atom. The van der Waals surface area contributed by atoms with E-state index in [1.807, 2.05) is 75.4 Å². The van der Waals surface area contributed by atoms with Crippen molar-refractivity contribution in [3.05, 3.63) is 83.3 Å². The summed E-state index contributed by atoms with van der Waals surface area (Å²) in [6.45, 7) is 6.57. The molecule has 1 aliphatic heterocycles. The number of hydrogen-bond donors (Lipinski definition) is 1. The second kappa shape index (κ2) is 13.5. The zero-order chi connectivity index (χ0) is 28.6. The summed E-state index contributed by atoms with van der Waals surface area (Å²) in [5.74, 6) is -1.56. The number of aliphatic hydroxyl groups is 1. The summed E-state index contributed by atoms with van der Waals surface area (Å²) in [5, 5.41) is 8.97. The van der Waals surface area contributed by atoms with Gasteiger partial charge in [0.05, 0.1) is 19.3 Å². The normalized spacial score (nSPS) is 15.9. The summed E-state index contributed by atoms with van der Waals surface area (Å²) in [6.07, 6.45) is 0.533. The lowest BCUT2D eigenvalue weighted by atomic mass is 9.91. The fourth-order valence-corrected chi connectivity index (χ4v) is 4.96. The third-order valence-corrected chi connectivity index (χ3v) is 7.12. The molecule has 2 atom stereocenters. The van der Waals surface area contributed by atoms with Gasteiger partial charge in [-0.25, -0.2) is 9.69 Å². The highest BCUT2D eigenvalue weighted by molar-refractivity contribution is 6.12. The Balaban J connectivity index is 1.69. The van der Waals surface area contributed by atoms with Crippen LogP contribution in [-0.4, -0.2) is 60.3 Å². The number of rotatable bonds is 13. The van der Waals surface area contributed by atoms with Gasteiger partial charge in [0.2, 0.25) is 11.7 Å². The fraction of sp³-hybridized carbons (Fsp3) is 0.406. The number of Topliss-reactive ketones (excluding diaryl/α,β-unsaturated/α-hetero) is 1. The lowest BCUT2D eigenvalue weighted by molar-refractivity contribution is -0.132. The van der Waals surface area contributed by atoms with Gasteiger partial charge in [0.15, 0.2) is 5.76 Å². The minimum atomic E-state index is -1.16. The van der Waals surface area contributed by atoms with Crippen molar-refractivity contribution in [2.75, 3.05) is 26.4 Å². The molecule has 0 aliphatic carbocycles. The summed E-state index contributed by atoms with van der Waals surface area (Å²) >= 11 is 0. The van der Waals surface area contributed by atoms with Gasteiger partial charge in [-0.1, -0.05) is 74.0 Å². The summed E-state index contributed by atoms with van der Waals surface area (Å²) < 4.78 is 16.8. The Kier molecular flexibility index (Phi) is 9.90. The van der Waals surface area contributed by atoms with Crippen LogP contribution in [0.5, 0.6) is 0 Å². The summed E-state index contributed by atoms with van der Waals surface area (Å²) in [4.78, 5) is 41.7. The zero-order valence-corrected chi connectivity index (χ0v) is 23.3. The molecule has 8 heteroatoms. The molecule has 2 aromatic carbocycles. The Morgan fingerprint density at radius 2 is 1.85 bits per heavy atom. The lowest BCUT2D eigenvalue weighted by Crippen LogP contribution is -2.47. The van der Waals surface area contributed by atoms with E-state index in [4.69, 9.17) is 19.0 Å². The number of carbonyl (C=O) groups excluding carboxylic acids is 3. The van der Waals surface area contributed by atoms with Crippen molar-refractivity contribution in [3.63, 3.8) is 0 Å². The first-order valence-corrected chi connectivity index (χ1v) is 13.8. The highest BCUT2D eigenvalue weighted by atomic mass is 16.6. The summed E-state index contributed by atoms with van der Waals surface area (Å²) in [6, 6.07) is 18.4. The highest BCUT2D eigenvalue weighted by Crippen LogP contribution is 2.32. The fourth-order valence-electron chi connectivity index (χ4n) is 4.96. The molecule has 3 aromatic rings. The minimum Gasteiger partial charge on any atom is -0.457 e. The number of benzene rings is 2. The number of ketones is 1. The third-order valence-electron chi connectivity index (χ3n) is 7.12. The maximum atomic E-state index is 14.1. The van der Waals surface area contributed by atoms with Crippen LogP contribution in [0.25, 0.3) is 11.1 Å². The summed E-state index contributed by atoms with van der Waals surface area (Å²) in [5.41, 5.74) is 3.55. The molecule has 1 fully saturated rings. The van der Waals surface area contributed by atoms with E-state index in [1.165, 1.54) is 0 Å². The standard InChI is InChI=1S/C32H37NO7/c1-21(2)27-20-39-32(37)33(27)31(36)26(18-23-10-5-4-6-11-23)30(35)29-19-25(24-12-7-9-22(3)17-24)28(40-29)13-8-15-38-16-14-34/h4-7,9-12,17,19,21,26-27,34H,8,13-16,18,20H2,1-3H3/t26-,27+/m0/s1. The van der Waals surface area contributed by atoms with Crippen LogP contribution in [0.15, 0.2) is 65.1 Å². The van der Waals surface area contributed by atoms with Crippen molar-refractivity contribution in [3.8, 4) is 11.1 Å². The minimum absolute atomic E-state index is 0.0286. The average Bonchev–Trinajstić information content (AvgIpc) is 3.55. The quantitative estimate of drug-likeness (QED) is 0.177. The van der Waals surface area contributed by atoms with Crippen LogP contribution in [-0.2, 0) is 27.1 Å². The molecule has 0 radical (unpaired) electrons. The van der Waals surface area contributed by atoms with Crippen LogP contribution in [0, 0.1) is 18.8 Å². The Morgan fingerprint density at radius 3 is 2.55 bits per heavy atom. The number of aliphatic hydroxyl groups excluding tert-OH is 1. The first-order chi connectivity index (χ1) is 19.3. The molecule has 40 heavy (non-hydrogen) atoms. The Labute approximate surface area is 234 Å². The summed E-state index contributed by atoms with van der Waals surface area (Å²) in [7, 11) is 0. The molecule has 0 unspecified atom stereocenters. The van der Waals surface area contributed by atoms with E-state index in [0.717, 1.165) is 27.2 Å². The molecule has 1 aromatic heterocycles. The number of imide groups is 1. The van der Waals surface area contributed by atoms with Crippen LogP contribution in [0.1, 0.15) is 47.7 Å². The van der Waals surface area contributed by atoms with Gasteiger partial charge in [-0.2, -0.15) is 0 Å². The van der Waals surface area contributed by atoms with Gasteiger partial charge in [-0.05, 0) is 42.9 Å². The smallest absolute Gasteiger partial charge is 0.417 e. The number of aryl methyl sites for hydroxylation is 2. The van der Waals surface area contributed by atoms with E-state index in [-0.39, 0.29) is 37.9 Å². The maximum absolute atomic E-state index is 14.1. The molecular formula is C32H37NO7. The van der Waals surface area contributed by atoms with Crippen LogP contribution >= 0.6 is 0 Å². The van der Waals surface area contributed by atoms with Crippen molar-refractivity contribution < 1.29 is 33.4 Å². The predicted molar refractivity (Wildman–Crippen MR) is 150 cm³/mol. The average molecular weight is 548 g/mol. The molecule has 1 saturated heterocycles. The molecule has 2 amide bonds. The molecule has 1 N–H and O–H groups in total.